The molecule has 0 amide bonds. The number of hydrogen-bond donors (Lipinski definition) is 2. The molecule has 1 aromatic rings. The van der Waals surface area contributed by atoms with Gasteiger partial charge < -0.3 is 19.7 Å². The largest absolute Gasteiger partial charge is 0.507 e. The van der Waals surface area contributed by atoms with Crippen LogP contribution in [0.5, 0.6) is 11.5 Å². The second-order valence-corrected chi connectivity index (χ2v) is 4.47. The summed E-state index contributed by atoms with van der Waals surface area (Å²) in [6.45, 7) is 2.32. The van der Waals surface area contributed by atoms with E-state index >= 15 is 0 Å². The Balaban J connectivity index is 2.85. The summed E-state index contributed by atoms with van der Waals surface area (Å²) in [5.74, 6) is -1.45. The zero-order valence-corrected chi connectivity index (χ0v) is 10.8. The molecular formula is C13H14O6. The van der Waals surface area contributed by atoms with Crippen LogP contribution in [-0.2, 0) is 15.1 Å². The number of ether oxygens (including phenoxy) is 2. The van der Waals surface area contributed by atoms with Crippen molar-refractivity contribution in [3.8, 4) is 11.5 Å². The van der Waals surface area contributed by atoms with E-state index in [4.69, 9.17) is 9.47 Å². The first kappa shape index (κ1) is 13.4. The number of rotatable bonds is 2. The van der Waals surface area contributed by atoms with Gasteiger partial charge in [-0.25, -0.2) is 4.79 Å². The van der Waals surface area contributed by atoms with Gasteiger partial charge in [-0.2, -0.15) is 0 Å². The third-order valence-corrected chi connectivity index (χ3v) is 3.35. The Morgan fingerprint density at radius 2 is 2.16 bits per heavy atom. The van der Waals surface area contributed by atoms with E-state index in [2.05, 4.69) is 0 Å². The molecule has 1 aromatic carbocycles. The van der Waals surface area contributed by atoms with Crippen molar-refractivity contribution in [1.29, 1.82) is 0 Å². The van der Waals surface area contributed by atoms with Gasteiger partial charge in [0.1, 0.15) is 23.7 Å². The number of fused-ring (bicyclic) bond motifs is 1. The average Bonchev–Trinajstić information content (AvgIpc) is 2.36. The normalized spacial score (nSPS) is 21.6. The topological polar surface area (TPSA) is 93.1 Å². The number of carbonyl (C=O) groups is 2. The molecule has 0 spiro atoms. The molecule has 0 aliphatic carbocycles. The van der Waals surface area contributed by atoms with Crippen molar-refractivity contribution in [3.63, 3.8) is 0 Å². The first-order valence-corrected chi connectivity index (χ1v) is 5.64. The van der Waals surface area contributed by atoms with Gasteiger partial charge in [-0.1, -0.05) is 0 Å². The van der Waals surface area contributed by atoms with Crippen molar-refractivity contribution < 1.29 is 29.3 Å². The summed E-state index contributed by atoms with van der Waals surface area (Å²) >= 11 is 0. The number of ketones is 1. The summed E-state index contributed by atoms with van der Waals surface area (Å²) in [7, 11) is 1.39. The number of Topliss-reactive ketones (excluding diaryl/α,β-unsaturated/α-hetero) is 1. The van der Waals surface area contributed by atoms with Crippen molar-refractivity contribution in [2.75, 3.05) is 13.7 Å². The highest BCUT2D eigenvalue weighted by Crippen LogP contribution is 2.42. The lowest BCUT2D eigenvalue weighted by atomic mass is 9.81. The number of methoxy groups -OCH3 is 1. The van der Waals surface area contributed by atoms with Gasteiger partial charge in [0.2, 0.25) is 0 Å². The number of hydrogen-bond acceptors (Lipinski definition) is 6. The Bertz CT molecular complexity index is 577. The van der Waals surface area contributed by atoms with Crippen molar-refractivity contribution in [1.82, 2.24) is 0 Å². The minimum atomic E-state index is -1.96. The maximum atomic E-state index is 11.7. The van der Waals surface area contributed by atoms with E-state index in [1.54, 1.807) is 6.92 Å². The van der Waals surface area contributed by atoms with Crippen LogP contribution >= 0.6 is 0 Å². The minimum absolute atomic E-state index is 0.0492. The van der Waals surface area contributed by atoms with Gasteiger partial charge in [0.05, 0.1) is 7.11 Å². The van der Waals surface area contributed by atoms with E-state index < -0.39 is 24.0 Å². The van der Waals surface area contributed by atoms with Crippen LogP contribution in [0.3, 0.4) is 0 Å². The smallest absolute Gasteiger partial charge is 0.342 e. The molecule has 1 aliphatic rings. The van der Waals surface area contributed by atoms with Gasteiger partial charge in [-0.15, -0.1) is 0 Å². The Morgan fingerprint density at radius 3 is 2.68 bits per heavy atom. The van der Waals surface area contributed by atoms with Crippen LogP contribution in [0.25, 0.3) is 0 Å². The standard InChI is InChI=1S/C13H14O6/c1-6-9(18-3)4-8(15)10-11(6)13(17,7(2)14)5-19-12(10)16/h4,15,17H,5H2,1-3H3/t13-/m0/s1. The van der Waals surface area contributed by atoms with E-state index in [1.807, 2.05) is 0 Å². The number of benzene rings is 1. The zero-order chi connectivity index (χ0) is 14.4. The molecule has 19 heavy (non-hydrogen) atoms. The molecule has 2 N–H and O–H groups in total. The molecule has 1 heterocycles. The fourth-order valence-corrected chi connectivity index (χ4v) is 2.27. The lowest BCUT2D eigenvalue weighted by molar-refractivity contribution is -0.142. The first-order valence-electron chi connectivity index (χ1n) is 5.64. The predicted octanol–water partition coefficient (Wildman–Crippen LogP) is 0.656. The fourth-order valence-electron chi connectivity index (χ4n) is 2.27. The van der Waals surface area contributed by atoms with Crippen LogP contribution in [0.2, 0.25) is 0 Å². The Labute approximate surface area is 109 Å². The van der Waals surface area contributed by atoms with Crippen molar-refractivity contribution in [3.05, 3.63) is 22.8 Å². The molecule has 0 unspecified atom stereocenters. The predicted molar refractivity (Wildman–Crippen MR) is 64.3 cm³/mol. The van der Waals surface area contributed by atoms with Crippen molar-refractivity contribution in [2.24, 2.45) is 0 Å². The zero-order valence-electron chi connectivity index (χ0n) is 10.8. The summed E-state index contributed by atoms with van der Waals surface area (Å²) in [6.07, 6.45) is 0. The molecule has 0 aromatic heterocycles. The lowest BCUT2D eigenvalue weighted by Crippen LogP contribution is -2.45. The Hall–Kier alpha value is -2.08. The third-order valence-electron chi connectivity index (χ3n) is 3.35. The van der Waals surface area contributed by atoms with Crippen LogP contribution in [-0.4, -0.2) is 35.7 Å². The second-order valence-electron chi connectivity index (χ2n) is 4.47. The van der Waals surface area contributed by atoms with E-state index in [9.17, 15) is 19.8 Å². The highest BCUT2D eigenvalue weighted by Gasteiger charge is 2.46. The molecule has 0 bridgehead atoms. The number of carbonyl (C=O) groups excluding carboxylic acids is 2. The minimum Gasteiger partial charge on any atom is -0.507 e. The third kappa shape index (κ3) is 1.76. The SMILES string of the molecule is COc1cc(O)c2c(c1C)[C@@](O)(C(C)=O)COC2=O. The van der Waals surface area contributed by atoms with Crippen LogP contribution in [0.15, 0.2) is 6.07 Å². The maximum absolute atomic E-state index is 11.7. The fraction of sp³-hybridized carbons (Fsp3) is 0.385. The molecule has 2 rings (SSSR count). The number of cyclic esters (lactones) is 1. The highest BCUT2D eigenvalue weighted by atomic mass is 16.5. The number of phenolic OH excluding ortho intramolecular Hbond substituents is 1. The number of phenols is 1. The van der Waals surface area contributed by atoms with Gasteiger partial charge in [-0.3, -0.25) is 4.79 Å². The summed E-state index contributed by atoms with van der Waals surface area (Å²) < 4.78 is 9.85. The number of aliphatic hydroxyl groups is 1. The van der Waals surface area contributed by atoms with E-state index in [0.717, 1.165) is 0 Å². The van der Waals surface area contributed by atoms with Crippen molar-refractivity contribution in [2.45, 2.75) is 19.4 Å². The molecule has 1 aliphatic heterocycles. The van der Waals surface area contributed by atoms with Gasteiger partial charge >= 0.3 is 5.97 Å². The number of aromatic hydroxyl groups is 1. The van der Waals surface area contributed by atoms with E-state index in [-0.39, 0.29) is 22.6 Å². The van der Waals surface area contributed by atoms with Crippen LogP contribution in [0.4, 0.5) is 0 Å². The Morgan fingerprint density at radius 1 is 1.53 bits per heavy atom. The summed E-state index contributed by atoms with van der Waals surface area (Å²) in [5, 5.41) is 20.3. The van der Waals surface area contributed by atoms with Crippen LogP contribution in [0, 0.1) is 6.92 Å². The summed E-state index contributed by atoms with van der Waals surface area (Å²) in [6, 6.07) is 1.25. The monoisotopic (exact) mass is 266 g/mol. The van der Waals surface area contributed by atoms with E-state index in [0.29, 0.717) is 5.56 Å². The van der Waals surface area contributed by atoms with Crippen LogP contribution in [0.1, 0.15) is 28.4 Å². The second kappa shape index (κ2) is 4.24. The van der Waals surface area contributed by atoms with Gasteiger partial charge in [0, 0.05) is 11.6 Å². The van der Waals surface area contributed by atoms with E-state index in [1.165, 1.54) is 20.1 Å². The molecule has 0 saturated carbocycles. The lowest BCUT2D eigenvalue weighted by Gasteiger charge is -2.33. The van der Waals surface area contributed by atoms with Crippen molar-refractivity contribution >= 4 is 11.8 Å². The first-order chi connectivity index (χ1) is 8.82. The Kier molecular flexibility index (Phi) is 2.98. The summed E-state index contributed by atoms with van der Waals surface area (Å²) in [5.41, 5.74) is -1.68. The molecule has 0 saturated heterocycles. The van der Waals surface area contributed by atoms with Gasteiger partial charge in [-0.05, 0) is 19.4 Å². The molecular weight excluding hydrogens is 252 g/mol. The quantitative estimate of drug-likeness (QED) is 0.764. The molecule has 0 fully saturated rings. The molecule has 1 atom stereocenters. The van der Waals surface area contributed by atoms with Gasteiger partial charge in [0.15, 0.2) is 11.4 Å². The summed E-state index contributed by atoms with van der Waals surface area (Å²) in [4.78, 5) is 23.4. The van der Waals surface area contributed by atoms with Crippen LogP contribution < -0.4 is 4.74 Å². The number of esters is 1. The molecule has 6 nitrogen and oxygen atoms in total. The van der Waals surface area contributed by atoms with Gasteiger partial charge in [0.25, 0.3) is 0 Å². The average molecular weight is 266 g/mol. The molecule has 102 valence electrons. The molecule has 6 heteroatoms. The highest BCUT2D eigenvalue weighted by molar-refractivity contribution is 6.01. The maximum Gasteiger partial charge on any atom is 0.342 e. The molecule has 0 radical (unpaired) electrons.